The Balaban J connectivity index is 1.99. The molecular formula is C20H19N3O4S. The molecule has 28 heavy (non-hydrogen) atoms. The van der Waals surface area contributed by atoms with Gasteiger partial charge in [-0.15, -0.1) is 0 Å². The third-order valence-corrected chi connectivity index (χ3v) is 5.16. The molecule has 0 radical (unpaired) electrons. The van der Waals surface area contributed by atoms with Crippen molar-refractivity contribution < 1.29 is 14.3 Å². The zero-order valence-electron chi connectivity index (χ0n) is 15.4. The Bertz CT molecular complexity index is 1070. The van der Waals surface area contributed by atoms with E-state index < -0.39 is 17.3 Å². The lowest BCUT2D eigenvalue weighted by molar-refractivity contribution is -0.119. The first-order chi connectivity index (χ1) is 13.5. The molecule has 2 amide bonds. The molecule has 0 aliphatic rings. The van der Waals surface area contributed by atoms with E-state index >= 15 is 0 Å². The van der Waals surface area contributed by atoms with Crippen LogP contribution < -0.4 is 10.9 Å². The van der Waals surface area contributed by atoms with Gasteiger partial charge in [0.15, 0.2) is 5.16 Å². The molecule has 0 unspecified atom stereocenters. The Labute approximate surface area is 165 Å². The number of hydrogen-bond acceptors (Lipinski definition) is 6. The molecule has 0 aliphatic carbocycles. The van der Waals surface area contributed by atoms with Crippen molar-refractivity contribution in [1.82, 2.24) is 14.9 Å². The minimum Gasteiger partial charge on any atom is -0.453 e. The zero-order chi connectivity index (χ0) is 20.1. The molecule has 0 aliphatic heterocycles. The van der Waals surface area contributed by atoms with E-state index in [1.807, 2.05) is 30.3 Å². The van der Waals surface area contributed by atoms with Crippen LogP contribution in [0.3, 0.4) is 0 Å². The number of ether oxygens (including phenoxy) is 1. The number of nitrogens with zero attached hydrogens (tertiary/aromatic N) is 2. The van der Waals surface area contributed by atoms with Gasteiger partial charge in [-0.05, 0) is 24.6 Å². The Kier molecular flexibility index (Phi) is 6.10. The number of imide groups is 1. The molecule has 3 rings (SSSR count). The second kappa shape index (κ2) is 8.71. The van der Waals surface area contributed by atoms with Crippen LogP contribution in [-0.2, 0) is 16.1 Å². The van der Waals surface area contributed by atoms with E-state index in [4.69, 9.17) is 0 Å². The fourth-order valence-corrected chi connectivity index (χ4v) is 3.52. The number of carbonyl (C=O) groups excluding carboxylic acids is 2. The van der Waals surface area contributed by atoms with Crippen LogP contribution in [0.2, 0.25) is 0 Å². The van der Waals surface area contributed by atoms with Crippen molar-refractivity contribution in [1.29, 1.82) is 0 Å². The molecular weight excluding hydrogens is 378 g/mol. The third kappa shape index (κ3) is 4.40. The zero-order valence-corrected chi connectivity index (χ0v) is 16.2. The third-order valence-electron chi connectivity index (χ3n) is 4.07. The van der Waals surface area contributed by atoms with Crippen molar-refractivity contribution in [3.8, 4) is 0 Å². The molecule has 0 spiro atoms. The summed E-state index contributed by atoms with van der Waals surface area (Å²) in [7, 11) is 1.18. The first-order valence-corrected chi connectivity index (χ1v) is 9.46. The molecule has 0 fully saturated rings. The van der Waals surface area contributed by atoms with E-state index in [0.29, 0.717) is 22.6 Å². The topological polar surface area (TPSA) is 90.3 Å². The molecule has 144 valence electrons. The van der Waals surface area contributed by atoms with Crippen molar-refractivity contribution in [3.63, 3.8) is 0 Å². The van der Waals surface area contributed by atoms with Gasteiger partial charge >= 0.3 is 6.09 Å². The van der Waals surface area contributed by atoms with Crippen molar-refractivity contribution in [2.45, 2.75) is 23.9 Å². The summed E-state index contributed by atoms with van der Waals surface area (Å²) in [4.78, 5) is 41.1. The lowest BCUT2D eigenvalue weighted by Crippen LogP contribution is -2.36. The average molecular weight is 397 g/mol. The molecule has 0 saturated carbocycles. The number of amides is 2. The van der Waals surface area contributed by atoms with E-state index in [-0.39, 0.29) is 5.56 Å². The number of benzene rings is 2. The van der Waals surface area contributed by atoms with Crippen LogP contribution in [-0.4, -0.2) is 33.9 Å². The van der Waals surface area contributed by atoms with Crippen LogP contribution in [0.15, 0.2) is 64.5 Å². The number of nitrogens with one attached hydrogen (secondary N) is 1. The summed E-state index contributed by atoms with van der Waals surface area (Å²) in [5.41, 5.74) is 1.31. The summed E-state index contributed by atoms with van der Waals surface area (Å²) in [6, 6.07) is 16.6. The molecule has 7 nitrogen and oxygen atoms in total. The van der Waals surface area contributed by atoms with Gasteiger partial charge in [0.25, 0.3) is 5.56 Å². The van der Waals surface area contributed by atoms with E-state index in [0.717, 1.165) is 17.3 Å². The largest absolute Gasteiger partial charge is 0.453 e. The lowest BCUT2D eigenvalue weighted by atomic mass is 10.2. The molecule has 1 atom stereocenters. The Morgan fingerprint density at radius 1 is 1.14 bits per heavy atom. The van der Waals surface area contributed by atoms with Gasteiger partial charge in [0.05, 0.1) is 29.8 Å². The fraction of sp³-hybridized carbons (Fsp3) is 0.200. The number of para-hydroxylation sites is 1. The number of alkyl carbamates (subject to hydrolysis) is 1. The quantitative estimate of drug-likeness (QED) is 0.526. The lowest BCUT2D eigenvalue weighted by Gasteiger charge is -2.16. The predicted molar refractivity (Wildman–Crippen MR) is 107 cm³/mol. The number of carbonyl (C=O) groups is 2. The number of rotatable bonds is 5. The first-order valence-electron chi connectivity index (χ1n) is 8.58. The highest BCUT2D eigenvalue weighted by Crippen LogP contribution is 2.23. The molecule has 1 heterocycles. The second-order valence-corrected chi connectivity index (χ2v) is 7.34. The monoisotopic (exact) mass is 397 g/mol. The maximum Gasteiger partial charge on any atom is 0.413 e. The van der Waals surface area contributed by atoms with Crippen molar-refractivity contribution in [2.75, 3.05) is 7.11 Å². The van der Waals surface area contributed by atoms with Crippen LogP contribution in [0.4, 0.5) is 4.79 Å². The molecule has 8 heteroatoms. The highest BCUT2D eigenvalue weighted by molar-refractivity contribution is 8.00. The van der Waals surface area contributed by atoms with Crippen LogP contribution in [0, 0.1) is 0 Å². The number of fused-ring (bicyclic) bond motifs is 1. The molecule has 1 aromatic heterocycles. The first kappa shape index (κ1) is 19.6. The number of aromatic nitrogens is 2. The second-order valence-electron chi connectivity index (χ2n) is 6.03. The van der Waals surface area contributed by atoms with E-state index in [9.17, 15) is 14.4 Å². The van der Waals surface area contributed by atoms with E-state index in [1.54, 1.807) is 35.8 Å². The fourth-order valence-electron chi connectivity index (χ4n) is 2.61. The molecule has 0 bridgehead atoms. The molecule has 1 N–H and O–H groups in total. The van der Waals surface area contributed by atoms with Crippen LogP contribution in [0.5, 0.6) is 0 Å². The Morgan fingerprint density at radius 3 is 2.54 bits per heavy atom. The Morgan fingerprint density at radius 2 is 1.82 bits per heavy atom. The standard InChI is InChI=1S/C20H19N3O4S/c1-13(17(24)22-20(26)27-2)28-19-21-16-11-7-6-10-15(16)18(25)23(19)12-14-8-4-3-5-9-14/h3-11,13H,12H2,1-2H3,(H,22,24,26)/t13-/m1/s1. The van der Waals surface area contributed by atoms with Gasteiger partial charge in [0.1, 0.15) is 0 Å². The summed E-state index contributed by atoms with van der Waals surface area (Å²) in [5, 5.41) is 2.39. The van der Waals surface area contributed by atoms with E-state index in [2.05, 4.69) is 15.0 Å². The van der Waals surface area contributed by atoms with Crippen molar-refractivity contribution in [2.24, 2.45) is 0 Å². The average Bonchev–Trinajstić information content (AvgIpc) is 2.71. The van der Waals surface area contributed by atoms with E-state index in [1.165, 1.54) is 7.11 Å². The van der Waals surface area contributed by atoms with Gasteiger partial charge in [0.2, 0.25) is 5.91 Å². The van der Waals surface area contributed by atoms with Gasteiger partial charge in [-0.1, -0.05) is 54.2 Å². The molecule has 0 saturated heterocycles. The normalized spacial score (nSPS) is 11.8. The van der Waals surface area contributed by atoms with Gasteiger partial charge in [0, 0.05) is 0 Å². The maximum absolute atomic E-state index is 13.1. The molecule has 3 aromatic rings. The minimum atomic E-state index is -0.828. The van der Waals surface area contributed by atoms with Crippen LogP contribution >= 0.6 is 11.8 Å². The number of thioether (sulfide) groups is 1. The van der Waals surface area contributed by atoms with Crippen LogP contribution in [0.1, 0.15) is 12.5 Å². The summed E-state index contributed by atoms with van der Waals surface area (Å²) in [6.07, 6.45) is -0.828. The number of hydrogen-bond donors (Lipinski definition) is 1. The smallest absolute Gasteiger partial charge is 0.413 e. The van der Waals surface area contributed by atoms with Crippen LogP contribution in [0.25, 0.3) is 10.9 Å². The van der Waals surface area contributed by atoms with Crippen molar-refractivity contribution in [3.05, 3.63) is 70.5 Å². The van der Waals surface area contributed by atoms with Gasteiger partial charge in [-0.2, -0.15) is 0 Å². The summed E-state index contributed by atoms with van der Waals surface area (Å²) in [5.74, 6) is -0.523. The molecule has 2 aromatic carbocycles. The van der Waals surface area contributed by atoms with Gasteiger partial charge in [-0.25, -0.2) is 9.78 Å². The SMILES string of the molecule is COC(=O)NC(=O)[C@@H](C)Sc1nc2ccccc2c(=O)n1Cc1ccccc1. The highest BCUT2D eigenvalue weighted by Gasteiger charge is 2.21. The van der Waals surface area contributed by atoms with Gasteiger partial charge < -0.3 is 4.74 Å². The highest BCUT2D eigenvalue weighted by atomic mass is 32.2. The Hall–Kier alpha value is -3.13. The van der Waals surface area contributed by atoms with Crippen molar-refractivity contribution >= 4 is 34.7 Å². The minimum absolute atomic E-state index is 0.183. The summed E-state index contributed by atoms with van der Waals surface area (Å²) < 4.78 is 6.00. The maximum atomic E-state index is 13.1. The number of methoxy groups -OCH3 is 1. The summed E-state index contributed by atoms with van der Waals surface area (Å²) in [6.45, 7) is 1.96. The predicted octanol–water partition coefficient (Wildman–Crippen LogP) is 2.81. The van der Waals surface area contributed by atoms with Gasteiger partial charge in [-0.3, -0.25) is 19.5 Å². The summed E-state index contributed by atoms with van der Waals surface area (Å²) >= 11 is 1.11.